The first-order chi connectivity index (χ1) is 8.56. The summed E-state index contributed by atoms with van der Waals surface area (Å²) in [7, 11) is 0. The average Bonchev–Trinajstić information content (AvgIpc) is 2.34. The lowest BCUT2D eigenvalue weighted by atomic mass is 9.97. The predicted octanol–water partition coefficient (Wildman–Crippen LogP) is 3.08. The average molecular weight is 244 g/mol. The van der Waals surface area contributed by atoms with Crippen molar-refractivity contribution in [2.24, 2.45) is 5.73 Å². The zero-order valence-electron chi connectivity index (χ0n) is 10.7. The molecule has 0 radical (unpaired) electrons. The van der Waals surface area contributed by atoms with Crippen LogP contribution in [0.5, 0.6) is 0 Å². The summed E-state index contributed by atoms with van der Waals surface area (Å²) in [5, 5.41) is 0. The zero-order chi connectivity index (χ0) is 13.1. The Balaban J connectivity index is 2.18. The van der Waals surface area contributed by atoms with Crippen LogP contribution in [0.25, 0.3) is 0 Å². The fourth-order valence-electron chi connectivity index (χ4n) is 1.91. The van der Waals surface area contributed by atoms with E-state index in [-0.39, 0.29) is 11.9 Å². The highest BCUT2D eigenvalue weighted by atomic mass is 19.1. The minimum absolute atomic E-state index is 0.154. The van der Waals surface area contributed by atoms with Crippen molar-refractivity contribution in [3.63, 3.8) is 0 Å². The molecule has 0 aliphatic rings. The number of rotatable bonds is 3. The molecule has 1 heterocycles. The van der Waals surface area contributed by atoms with Crippen LogP contribution >= 0.6 is 0 Å². The number of nitrogens with two attached hydrogens (primary N) is 1. The van der Waals surface area contributed by atoms with Gasteiger partial charge in [-0.3, -0.25) is 4.98 Å². The Kier molecular flexibility index (Phi) is 3.72. The Morgan fingerprint density at radius 3 is 2.67 bits per heavy atom. The van der Waals surface area contributed by atoms with E-state index < -0.39 is 0 Å². The lowest BCUT2D eigenvalue weighted by Crippen LogP contribution is -2.14. The number of benzene rings is 1. The monoisotopic (exact) mass is 244 g/mol. The standard InChI is InChI=1S/C15H17FN2/c1-10-3-6-14(16)7-13(10)8-15(17)12-5-4-11(2)18-9-12/h3-7,9,15H,8,17H2,1-2H3. The molecule has 2 rings (SSSR count). The highest BCUT2D eigenvalue weighted by Gasteiger charge is 2.10. The molecule has 0 bridgehead atoms. The molecule has 2 aromatic rings. The third-order valence-electron chi connectivity index (χ3n) is 3.11. The van der Waals surface area contributed by atoms with Crippen molar-refractivity contribution in [2.45, 2.75) is 26.3 Å². The highest BCUT2D eigenvalue weighted by molar-refractivity contribution is 5.29. The van der Waals surface area contributed by atoms with Gasteiger partial charge in [0, 0.05) is 17.9 Å². The molecule has 94 valence electrons. The van der Waals surface area contributed by atoms with Crippen molar-refractivity contribution in [2.75, 3.05) is 0 Å². The lowest BCUT2D eigenvalue weighted by Gasteiger charge is -2.13. The molecule has 0 spiro atoms. The lowest BCUT2D eigenvalue weighted by molar-refractivity contribution is 0.621. The molecule has 0 aliphatic heterocycles. The summed E-state index contributed by atoms with van der Waals surface area (Å²) >= 11 is 0. The van der Waals surface area contributed by atoms with Crippen LogP contribution in [0.3, 0.4) is 0 Å². The van der Waals surface area contributed by atoms with Gasteiger partial charge in [-0.05, 0) is 55.2 Å². The van der Waals surface area contributed by atoms with E-state index in [1.807, 2.05) is 26.0 Å². The molecule has 18 heavy (non-hydrogen) atoms. The fourth-order valence-corrected chi connectivity index (χ4v) is 1.91. The maximum atomic E-state index is 13.2. The van der Waals surface area contributed by atoms with Crippen LogP contribution < -0.4 is 5.73 Å². The van der Waals surface area contributed by atoms with Crippen LogP contribution in [0.4, 0.5) is 4.39 Å². The summed E-state index contributed by atoms with van der Waals surface area (Å²) < 4.78 is 13.2. The quantitative estimate of drug-likeness (QED) is 0.901. The smallest absolute Gasteiger partial charge is 0.123 e. The van der Waals surface area contributed by atoms with Crippen LogP contribution in [0.2, 0.25) is 0 Å². The van der Waals surface area contributed by atoms with Crippen LogP contribution in [0, 0.1) is 19.7 Å². The molecular formula is C15H17FN2. The number of hydrogen-bond donors (Lipinski definition) is 1. The van der Waals surface area contributed by atoms with E-state index in [4.69, 9.17) is 5.73 Å². The third-order valence-corrected chi connectivity index (χ3v) is 3.11. The number of aromatic nitrogens is 1. The normalized spacial score (nSPS) is 12.4. The second-order valence-corrected chi connectivity index (χ2v) is 4.61. The van der Waals surface area contributed by atoms with E-state index in [1.54, 1.807) is 18.3 Å². The zero-order valence-corrected chi connectivity index (χ0v) is 10.7. The summed E-state index contributed by atoms with van der Waals surface area (Å²) in [5.74, 6) is -0.218. The minimum Gasteiger partial charge on any atom is -0.324 e. The van der Waals surface area contributed by atoms with E-state index in [0.717, 1.165) is 22.4 Å². The van der Waals surface area contributed by atoms with Crippen molar-refractivity contribution in [1.82, 2.24) is 4.98 Å². The van der Waals surface area contributed by atoms with Gasteiger partial charge >= 0.3 is 0 Å². The topological polar surface area (TPSA) is 38.9 Å². The number of aryl methyl sites for hydroxylation is 2. The molecule has 1 aromatic heterocycles. The van der Waals surface area contributed by atoms with E-state index in [0.29, 0.717) is 6.42 Å². The molecule has 1 aromatic carbocycles. The van der Waals surface area contributed by atoms with Gasteiger partial charge in [0.05, 0.1) is 0 Å². The summed E-state index contributed by atoms with van der Waals surface area (Å²) in [6, 6.07) is 8.56. The van der Waals surface area contributed by atoms with Gasteiger partial charge < -0.3 is 5.73 Å². The second kappa shape index (κ2) is 5.27. The van der Waals surface area contributed by atoms with Gasteiger partial charge in [-0.1, -0.05) is 12.1 Å². The summed E-state index contributed by atoms with van der Waals surface area (Å²) in [5.41, 5.74) is 10.1. The summed E-state index contributed by atoms with van der Waals surface area (Å²) in [4.78, 5) is 4.23. The molecule has 0 fully saturated rings. The largest absolute Gasteiger partial charge is 0.324 e. The van der Waals surface area contributed by atoms with E-state index in [9.17, 15) is 4.39 Å². The van der Waals surface area contributed by atoms with Crippen LogP contribution in [0.1, 0.15) is 28.4 Å². The minimum atomic E-state index is -0.218. The number of pyridine rings is 1. The Hall–Kier alpha value is -1.74. The molecule has 1 unspecified atom stereocenters. The predicted molar refractivity (Wildman–Crippen MR) is 70.7 cm³/mol. The van der Waals surface area contributed by atoms with Crippen LogP contribution in [-0.2, 0) is 6.42 Å². The third kappa shape index (κ3) is 2.93. The van der Waals surface area contributed by atoms with Gasteiger partial charge in [0.1, 0.15) is 5.82 Å². The van der Waals surface area contributed by atoms with Crippen molar-refractivity contribution >= 4 is 0 Å². The molecule has 1 atom stereocenters. The van der Waals surface area contributed by atoms with Gasteiger partial charge in [-0.2, -0.15) is 0 Å². The molecule has 0 aliphatic carbocycles. The van der Waals surface area contributed by atoms with Crippen molar-refractivity contribution in [3.05, 3.63) is 64.7 Å². The SMILES string of the molecule is Cc1ccc(C(N)Cc2cc(F)ccc2C)cn1. The van der Waals surface area contributed by atoms with E-state index in [2.05, 4.69) is 4.98 Å². The Morgan fingerprint density at radius 2 is 2.00 bits per heavy atom. The van der Waals surface area contributed by atoms with Crippen LogP contribution in [-0.4, -0.2) is 4.98 Å². The van der Waals surface area contributed by atoms with Crippen LogP contribution in [0.15, 0.2) is 36.5 Å². The Bertz CT molecular complexity index is 535. The van der Waals surface area contributed by atoms with Gasteiger partial charge in [-0.15, -0.1) is 0 Å². The van der Waals surface area contributed by atoms with E-state index >= 15 is 0 Å². The molecule has 2 nitrogen and oxygen atoms in total. The summed E-state index contributed by atoms with van der Waals surface area (Å²) in [6.45, 7) is 3.90. The van der Waals surface area contributed by atoms with Gasteiger partial charge in [0.25, 0.3) is 0 Å². The molecular weight excluding hydrogens is 227 g/mol. The van der Waals surface area contributed by atoms with Crippen molar-refractivity contribution in [3.8, 4) is 0 Å². The molecule has 3 heteroatoms. The number of hydrogen-bond acceptors (Lipinski definition) is 2. The first-order valence-corrected chi connectivity index (χ1v) is 5.99. The summed E-state index contributed by atoms with van der Waals surface area (Å²) in [6.07, 6.45) is 2.41. The van der Waals surface area contributed by atoms with Gasteiger partial charge in [0.15, 0.2) is 0 Å². The maximum Gasteiger partial charge on any atom is 0.123 e. The first-order valence-electron chi connectivity index (χ1n) is 5.99. The molecule has 2 N–H and O–H groups in total. The van der Waals surface area contributed by atoms with Crippen molar-refractivity contribution < 1.29 is 4.39 Å². The van der Waals surface area contributed by atoms with Crippen molar-refractivity contribution in [1.29, 1.82) is 0 Å². The maximum absolute atomic E-state index is 13.2. The highest BCUT2D eigenvalue weighted by Crippen LogP contribution is 2.19. The van der Waals surface area contributed by atoms with Gasteiger partial charge in [-0.25, -0.2) is 4.39 Å². The number of halogens is 1. The molecule has 0 amide bonds. The fraction of sp³-hybridized carbons (Fsp3) is 0.267. The Morgan fingerprint density at radius 1 is 1.22 bits per heavy atom. The second-order valence-electron chi connectivity index (χ2n) is 4.61. The van der Waals surface area contributed by atoms with E-state index in [1.165, 1.54) is 6.07 Å². The molecule has 0 saturated carbocycles. The Labute approximate surface area is 107 Å². The first kappa shape index (κ1) is 12.7. The van der Waals surface area contributed by atoms with Gasteiger partial charge in [0.2, 0.25) is 0 Å². The molecule has 0 saturated heterocycles. The number of nitrogens with zero attached hydrogens (tertiary/aromatic N) is 1.